The predicted molar refractivity (Wildman–Crippen MR) is 69.6 cm³/mol. The molecule has 1 aliphatic carbocycles. The molecule has 2 rings (SSSR count). The van der Waals surface area contributed by atoms with Crippen molar-refractivity contribution in [2.75, 3.05) is 12.4 Å². The molecule has 1 aromatic carbocycles. The fourth-order valence-corrected chi connectivity index (χ4v) is 2.90. The molecular formula is C11H16BrN3O2. The van der Waals surface area contributed by atoms with Crippen LogP contribution >= 0.6 is 15.9 Å². The first-order chi connectivity index (χ1) is 7.99. The minimum absolute atomic E-state index is 0.650. The Bertz CT molecular complexity index is 441. The Labute approximate surface area is 108 Å². The van der Waals surface area contributed by atoms with E-state index in [1.54, 1.807) is 7.05 Å². The van der Waals surface area contributed by atoms with Crippen molar-refractivity contribution in [3.05, 3.63) is 27.7 Å². The average Bonchev–Trinajstić information content (AvgIpc) is 2.33. The summed E-state index contributed by atoms with van der Waals surface area (Å²) in [5.41, 5.74) is 14.2. The van der Waals surface area contributed by atoms with Crippen LogP contribution in [0.25, 0.3) is 0 Å². The van der Waals surface area contributed by atoms with Crippen LogP contribution in [0.4, 0.5) is 5.69 Å². The number of halogens is 1. The normalized spacial score (nSPS) is 32.1. The molecule has 0 radical (unpaired) electrons. The summed E-state index contributed by atoms with van der Waals surface area (Å²) in [6.07, 6.45) is -2.11. The van der Waals surface area contributed by atoms with Crippen molar-refractivity contribution in [1.82, 2.24) is 0 Å². The summed E-state index contributed by atoms with van der Waals surface area (Å²) in [5, 5.41) is 22.8. The Hall–Kier alpha value is -0.660. The van der Waals surface area contributed by atoms with Gasteiger partial charge in [-0.3, -0.25) is 0 Å². The molecule has 0 heterocycles. The van der Waals surface area contributed by atoms with E-state index in [1.807, 2.05) is 12.1 Å². The van der Waals surface area contributed by atoms with E-state index in [9.17, 15) is 10.2 Å². The van der Waals surface area contributed by atoms with E-state index < -0.39 is 24.3 Å². The largest absolute Gasteiger partial charge is 0.388 e. The number of nitrogens with one attached hydrogen (secondary N) is 1. The maximum Gasteiger partial charge on any atom is 0.101 e. The topological polar surface area (TPSA) is 105 Å². The summed E-state index contributed by atoms with van der Waals surface area (Å²) in [6, 6.07) is 2.41. The molecule has 1 aliphatic rings. The maximum absolute atomic E-state index is 9.88. The Morgan fingerprint density at radius 3 is 2.18 bits per heavy atom. The van der Waals surface area contributed by atoms with Crippen molar-refractivity contribution >= 4 is 21.6 Å². The Morgan fingerprint density at radius 2 is 1.65 bits per heavy atom. The number of nitrogens with two attached hydrogens (primary N) is 2. The Kier molecular flexibility index (Phi) is 3.42. The fourth-order valence-electron chi connectivity index (χ4n) is 2.29. The molecule has 5 nitrogen and oxygen atoms in total. The highest BCUT2D eigenvalue weighted by molar-refractivity contribution is 9.10. The summed E-state index contributed by atoms with van der Waals surface area (Å²) < 4.78 is 0.792. The Morgan fingerprint density at radius 1 is 1.12 bits per heavy atom. The van der Waals surface area contributed by atoms with E-state index in [2.05, 4.69) is 21.2 Å². The molecule has 0 saturated heterocycles. The minimum atomic E-state index is -1.06. The standard InChI is InChI=1S/C11H16BrN3O2/c1-15-5-3-2-4(12)6-7(5)9(14)11(17)10(16)8(6)13/h2-3,8-11,15-17H,13-14H2,1H3/t8-,9+,10+,11-/m0/s1. The molecule has 0 aliphatic heterocycles. The highest BCUT2D eigenvalue weighted by Crippen LogP contribution is 2.42. The molecule has 0 saturated carbocycles. The number of rotatable bonds is 1. The second-order valence-electron chi connectivity index (χ2n) is 4.21. The molecule has 94 valence electrons. The number of anilines is 1. The van der Waals surface area contributed by atoms with Crippen LogP contribution in [0, 0.1) is 0 Å². The molecule has 0 unspecified atom stereocenters. The third-order valence-electron chi connectivity index (χ3n) is 3.26. The highest BCUT2D eigenvalue weighted by Gasteiger charge is 2.40. The smallest absolute Gasteiger partial charge is 0.101 e. The second kappa shape index (κ2) is 4.55. The number of aliphatic hydroxyl groups excluding tert-OH is 2. The van der Waals surface area contributed by atoms with Crippen molar-refractivity contribution in [3.63, 3.8) is 0 Å². The molecule has 4 atom stereocenters. The second-order valence-corrected chi connectivity index (χ2v) is 5.06. The van der Waals surface area contributed by atoms with Crippen LogP contribution in [-0.2, 0) is 0 Å². The SMILES string of the molecule is CNc1ccc(Br)c2c1[C@@H](N)[C@H](O)[C@H](O)[C@H]2N. The molecule has 0 aromatic heterocycles. The molecule has 0 bridgehead atoms. The van der Waals surface area contributed by atoms with E-state index >= 15 is 0 Å². The molecule has 17 heavy (non-hydrogen) atoms. The maximum atomic E-state index is 9.88. The van der Waals surface area contributed by atoms with Crippen LogP contribution in [0.15, 0.2) is 16.6 Å². The first-order valence-corrected chi connectivity index (χ1v) is 6.15. The molecule has 1 aromatic rings. The number of aliphatic hydroxyl groups is 2. The summed E-state index contributed by atoms with van der Waals surface area (Å²) in [6.45, 7) is 0. The van der Waals surface area contributed by atoms with Crippen LogP contribution in [0.1, 0.15) is 23.2 Å². The lowest BCUT2D eigenvalue weighted by molar-refractivity contribution is -0.0196. The zero-order valence-corrected chi connectivity index (χ0v) is 11.0. The van der Waals surface area contributed by atoms with Crippen molar-refractivity contribution < 1.29 is 10.2 Å². The minimum Gasteiger partial charge on any atom is -0.388 e. The molecular weight excluding hydrogens is 286 g/mol. The van der Waals surface area contributed by atoms with Crippen LogP contribution in [0.2, 0.25) is 0 Å². The number of hydrogen-bond acceptors (Lipinski definition) is 5. The molecule has 0 amide bonds. The van der Waals surface area contributed by atoms with E-state index in [-0.39, 0.29) is 0 Å². The zero-order chi connectivity index (χ0) is 12.7. The van der Waals surface area contributed by atoms with Crippen LogP contribution in [-0.4, -0.2) is 29.5 Å². The van der Waals surface area contributed by atoms with Gasteiger partial charge in [0.15, 0.2) is 0 Å². The van der Waals surface area contributed by atoms with Gasteiger partial charge in [-0.2, -0.15) is 0 Å². The number of fused-ring (bicyclic) bond motifs is 1. The molecule has 0 spiro atoms. The van der Waals surface area contributed by atoms with E-state index in [0.717, 1.165) is 21.3 Å². The van der Waals surface area contributed by atoms with Gasteiger partial charge < -0.3 is 27.0 Å². The molecule has 7 N–H and O–H groups in total. The average molecular weight is 302 g/mol. The van der Waals surface area contributed by atoms with Gasteiger partial charge in [-0.1, -0.05) is 15.9 Å². The van der Waals surface area contributed by atoms with E-state index in [4.69, 9.17) is 11.5 Å². The van der Waals surface area contributed by atoms with Gasteiger partial charge in [-0.15, -0.1) is 0 Å². The van der Waals surface area contributed by atoms with Crippen molar-refractivity contribution in [3.8, 4) is 0 Å². The fraction of sp³-hybridized carbons (Fsp3) is 0.455. The first kappa shape index (κ1) is 12.8. The Balaban J connectivity index is 2.67. The quantitative estimate of drug-likeness (QED) is 0.511. The predicted octanol–water partition coefficient (Wildman–Crippen LogP) is 0.226. The third-order valence-corrected chi connectivity index (χ3v) is 3.95. The highest BCUT2D eigenvalue weighted by atomic mass is 79.9. The van der Waals surface area contributed by atoms with Crippen molar-refractivity contribution in [2.24, 2.45) is 11.5 Å². The van der Waals surface area contributed by atoms with Gasteiger partial charge in [-0.05, 0) is 17.7 Å². The van der Waals surface area contributed by atoms with Gasteiger partial charge in [0.2, 0.25) is 0 Å². The first-order valence-electron chi connectivity index (χ1n) is 5.36. The molecule has 0 fully saturated rings. The lowest BCUT2D eigenvalue weighted by Crippen LogP contribution is -2.48. The van der Waals surface area contributed by atoms with Crippen molar-refractivity contribution in [2.45, 2.75) is 24.3 Å². The summed E-state index contributed by atoms with van der Waals surface area (Å²) >= 11 is 3.40. The van der Waals surface area contributed by atoms with Gasteiger partial charge >= 0.3 is 0 Å². The van der Waals surface area contributed by atoms with Gasteiger partial charge in [-0.25, -0.2) is 0 Å². The van der Waals surface area contributed by atoms with Gasteiger partial charge in [0.1, 0.15) is 12.2 Å². The monoisotopic (exact) mass is 301 g/mol. The lowest BCUT2D eigenvalue weighted by Gasteiger charge is -2.37. The zero-order valence-electron chi connectivity index (χ0n) is 9.39. The van der Waals surface area contributed by atoms with Gasteiger partial charge in [0.25, 0.3) is 0 Å². The van der Waals surface area contributed by atoms with Crippen molar-refractivity contribution in [1.29, 1.82) is 0 Å². The summed E-state index contributed by atoms with van der Waals surface area (Å²) in [4.78, 5) is 0. The van der Waals surface area contributed by atoms with Crippen LogP contribution in [0.3, 0.4) is 0 Å². The molecule has 6 heteroatoms. The van der Waals surface area contributed by atoms with E-state index in [0.29, 0.717) is 0 Å². The lowest BCUT2D eigenvalue weighted by atomic mass is 9.80. The van der Waals surface area contributed by atoms with Crippen LogP contribution < -0.4 is 16.8 Å². The number of hydrogen-bond donors (Lipinski definition) is 5. The van der Waals surface area contributed by atoms with Crippen LogP contribution in [0.5, 0.6) is 0 Å². The third kappa shape index (κ3) is 1.86. The summed E-state index contributed by atoms with van der Waals surface area (Å²) in [5.74, 6) is 0. The van der Waals surface area contributed by atoms with Gasteiger partial charge in [0.05, 0.1) is 12.1 Å². The summed E-state index contributed by atoms with van der Waals surface area (Å²) in [7, 11) is 1.78. The van der Waals surface area contributed by atoms with Gasteiger partial charge in [0, 0.05) is 22.8 Å². The van der Waals surface area contributed by atoms with E-state index in [1.165, 1.54) is 0 Å². The number of benzene rings is 1.